The van der Waals surface area contributed by atoms with Crippen LogP contribution in [0.15, 0.2) is 97.1 Å². The van der Waals surface area contributed by atoms with Crippen molar-refractivity contribution >= 4 is 35.3 Å². The molecule has 22 heteroatoms. The molecule has 0 aromatic heterocycles. The van der Waals surface area contributed by atoms with Crippen molar-refractivity contribution in [1.82, 2.24) is 0 Å². The molecule has 0 amide bonds. The Labute approximate surface area is 303 Å². The molecule has 298 valence electrons. The van der Waals surface area contributed by atoms with Crippen LogP contribution in [0.25, 0.3) is 0 Å². The first-order valence-electron chi connectivity index (χ1n) is 15.1. The van der Waals surface area contributed by atoms with Gasteiger partial charge in [0.15, 0.2) is 5.75 Å². The Morgan fingerprint density at radius 2 is 0.554 bits per heavy atom. The molecule has 0 aliphatic rings. The van der Waals surface area contributed by atoms with Crippen molar-refractivity contribution in [2.24, 2.45) is 0 Å². The Kier molecular flexibility index (Phi) is 12.2. The van der Waals surface area contributed by atoms with E-state index in [9.17, 15) is 74.6 Å². The van der Waals surface area contributed by atoms with Gasteiger partial charge in [0.2, 0.25) is 29.1 Å². The van der Waals surface area contributed by atoms with Crippen LogP contribution in [-0.4, -0.2) is 23.5 Å². The first-order chi connectivity index (χ1) is 25.7. The van der Waals surface area contributed by atoms with Crippen molar-refractivity contribution in [3.8, 4) is 5.75 Å². The van der Waals surface area contributed by atoms with Crippen molar-refractivity contribution in [3.05, 3.63) is 148 Å². The average molecular weight is 819 g/mol. The third-order valence-electron chi connectivity index (χ3n) is 8.34. The predicted molar refractivity (Wildman–Crippen MR) is 167 cm³/mol. The molecule has 2 N–H and O–H groups in total. The summed E-state index contributed by atoms with van der Waals surface area (Å²) in [5, 5.41) is 16.3. The lowest BCUT2D eigenvalue weighted by molar-refractivity contribution is -0.138. The Morgan fingerprint density at radius 3 is 0.732 bits per heavy atom. The number of benzene rings is 5. The Balaban J connectivity index is 0.000000389. The van der Waals surface area contributed by atoms with Gasteiger partial charge in [0.25, 0.3) is 0 Å². The van der Waals surface area contributed by atoms with Gasteiger partial charge >= 0.3 is 32.0 Å². The minimum atomic E-state index is -4.77. The fourth-order valence-electron chi connectivity index (χ4n) is 5.79. The van der Waals surface area contributed by atoms with Gasteiger partial charge in [-0.25, -0.2) is 13.2 Å². The van der Waals surface area contributed by atoms with E-state index in [2.05, 4.69) is 4.65 Å². The third-order valence-corrected chi connectivity index (χ3v) is 8.34. The van der Waals surface area contributed by atoms with Gasteiger partial charge < -0.3 is 14.7 Å². The number of alkyl halides is 12. The zero-order valence-corrected chi connectivity index (χ0v) is 27.1. The quantitative estimate of drug-likeness (QED) is 0.0795. The minimum absolute atomic E-state index is 0.0114. The Hall–Kier alpha value is -5.24. The van der Waals surface area contributed by atoms with Crippen LogP contribution < -0.4 is 26.5 Å². The van der Waals surface area contributed by atoms with E-state index in [1.807, 2.05) is 0 Å². The van der Waals surface area contributed by atoms with Crippen LogP contribution in [0.4, 0.5) is 74.6 Å². The van der Waals surface area contributed by atoms with E-state index in [-0.39, 0.29) is 21.9 Å². The first kappa shape index (κ1) is 43.5. The molecule has 5 rings (SSSR count). The van der Waals surface area contributed by atoms with Crippen molar-refractivity contribution in [2.45, 2.75) is 24.7 Å². The van der Waals surface area contributed by atoms with Crippen LogP contribution in [0.2, 0.25) is 0 Å². The molecule has 0 atom stereocenters. The number of hydrogen-bond acceptors (Lipinski definition) is 3. The highest BCUT2D eigenvalue weighted by molar-refractivity contribution is 7.19. The zero-order valence-electron chi connectivity index (χ0n) is 27.1. The van der Waals surface area contributed by atoms with E-state index < -0.39 is 95.3 Å². The summed E-state index contributed by atoms with van der Waals surface area (Å²) in [6, 6.07) is 13.6. The number of hydrogen-bond donors (Lipinski definition) is 2. The predicted octanol–water partition coefficient (Wildman–Crippen LogP) is 7.87. The third kappa shape index (κ3) is 9.07. The molecule has 5 aromatic rings. The molecule has 0 unspecified atom stereocenters. The Morgan fingerprint density at radius 1 is 0.357 bits per heavy atom. The molecule has 0 saturated carbocycles. The molecule has 0 heterocycles. The zero-order chi connectivity index (χ0) is 42.2. The van der Waals surface area contributed by atoms with E-state index in [0.29, 0.717) is 48.5 Å². The largest absolute Gasteiger partial charge is 0.707 e. The smallest absolute Gasteiger partial charge is 0.507 e. The monoisotopic (exact) mass is 819 g/mol. The molecule has 0 saturated heterocycles. The lowest BCUT2D eigenvalue weighted by Crippen LogP contribution is -2.74. The maximum atomic E-state index is 13.3. The highest BCUT2D eigenvalue weighted by atomic mass is 19.4. The van der Waals surface area contributed by atoms with Gasteiger partial charge in [-0.1, -0.05) is 97.1 Å². The second kappa shape index (κ2) is 15.7. The van der Waals surface area contributed by atoms with Crippen molar-refractivity contribution < 1.29 is 89.3 Å². The van der Waals surface area contributed by atoms with Gasteiger partial charge in [-0.3, -0.25) is 0 Å². The van der Waals surface area contributed by atoms with Gasteiger partial charge in [-0.15, -0.1) is 0 Å². The van der Waals surface area contributed by atoms with E-state index in [1.165, 1.54) is 0 Å². The minimum Gasteiger partial charge on any atom is -0.507 e. The molecule has 0 bridgehead atoms. The van der Waals surface area contributed by atoms with Crippen LogP contribution in [0.3, 0.4) is 0 Å². The van der Waals surface area contributed by atoms with Gasteiger partial charge in [0.05, 0.1) is 22.3 Å². The highest BCUT2D eigenvalue weighted by Gasteiger charge is 2.38. The highest BCUT2D eigenvalue weighted by Crippen LogP contribution is 2.33. The fourth-order valence-corrected chi connectivity index (χ4v) is 5.79. The molecule has 5 aromatic carbocycles. The Bertz CT molecular complexity index is 1860. The average Bonchev–Trinajstić information content (AvgIpc) is 3.12. The standard InChI is InChI=1S/C28H16BF12.C6H2BF5O3/c30-25(31,32)17-1-9-21(10-2-17)29(22-11-3-18(4-12-22)26(33,34)35,23-13-5-19(6-14-23)27(36,37)38)24-15-7-20(8-16-24)28(39,40)41;8-1-2(9)4(11)6(15-7(13)14)5(12)3(1)10/h1-16H;13-14H/q-1;. The lowest BCUT2D eigenvalue weighted by Gasteiger charge is -2.44. The summed E-state index contributed by atoms with van der Waals surface area (Å²) in [6.45, 7) is 0. The van der Waals surface area contributed by atoms with Gasteiger partial charge in [0, 0.05) is 0 Å². The summed E-state index contributed by atoms with van der Waals surface area (Å²) >= 11 is 0. The van der Waals surface area contributed by atoms with Gasteiger partial charge in [-0.2, -0.15) is 83.3 Å². The molecular formula is C34H18B2F17O3-. The summed E-state index contributed by atoms with van der Waals surface area (Å²) in [6.07, 6.45) is -22.0. The van der Waals surface area contributed by atoms with E-state index in [1.54, 1.807) is 0 Å². The lowest BCUT2D eigenvalue weighted by atomic mass is 9.13. The van der Waals surface area contributed by atoms with Crippen LogP contribution in [0.1, 0.15) is 22.3 Å². The van der Waals surface area contributed by atoms with E-state index in [4.69, 9.17) is 10.0 Å². The maximum Gasteiger partial charge on any atom is 0.707 e. The fraction of sp³-hybridized carbons (Fsp3) is 0.118. The SMILES string of the molecule is FC(F)(F)c1ccc([B-](c2ccc(C(F)(F)F)cc2)(c2ccc(C(F)(F)F)cc2)c2ccc(C(F)(F)F)cc2)cc1.OB(O)Oc1c(F)c(F)c(F)c(F)c1F. The van der Waals surface area contributed by atoms with E-state index >= 15 is 0 Å². The van der Waals surface area contributed by atoms with Gasteiger partial charge in [0.1, 0.15) is 6.15 Å². The number of halogens is 17. The normalized spacial score (nSPS) is 12.6. The molecule has 3 nitrogen and oxygen atoms in total. The summed E-state index contributed by atoms with van der Waals surface area (Å²) in [4.78, 5) is 0. The number of rotatable bonds is 6. The molecule has 56 heavy (non-hydrogen) atoms. The molecule has 0 spiro atoms. The van der Waals surface area contributed by atoms with Crippen molar-refractivity contribution in [2.75, 3.05) is 0 Å². The van der Waals surface area contributed by atoms with Crippen molar-refractivity contribution in [1.29, 1.82) is 0 Å². The van der Waals surface area contributed by atoms with Crippen LogP contribution in [-0.2, 0) is 24.7 Å². The molecule has 0 radical (unpaired) electrons. The summed E-state index contributed by atoms with van der Waals surface area (Å²) in [5.41, 5.74) is -4.29. The molecule has 0 fully saturated rings. The van der Waals surface area contributed by atoms with Gasteiger partial charge in [-0.05, 0) is 0 Å². The van der Waals surface area contributed by atoms with Crippen LogP contribution >= 0.6 is 0 Å². The topological polar surface area (TPSA) is 49.7 Å². The summed E-state index contributed by atoms with van der Waals surface area (Å²) in [7, 11) is -2.70. The van der Waals surface area contributed by atoms with Crippen molar-refractivity contribution in [3.63, 3.8) is 0 Å². The molecular weight excluding hydrogens is 801 g/mol. The molecule has 0 aliphatic heterocycles. The van der Waals surface area contributed by atoms with Crippen LogP contribution in [0, 0.1) is 29.1 Å². The first-order valence-corrected chi connectivity index (χ1v) is 15.1. The second-order valence-corrected chi connectivity index (χ2v) is 11.7. The molecule has 0 aliphatic carbocycles. The van der Waals surface area contributed by atoms with Crippen LogP contribution in [0.5, 0.6) is 5.75 Å². The second-order valence-electron chi connectivity index (χ2n) is 11.7. The summed E-state index contributed by atoms with van der Waals surface area (Å²) in [5.74, 6) is -13.1. The van der Waals surface area contributed by atoms with E-state index in [0.717, 1.165) is 48.5 Å². The maximum absolute atomic E-state index is 13.3. The summed E-state index contributed by atoms with van der Waals surface area (Å²) < 4.78 is 226.